The van der Waals surface area contributed by atoms with Gasteiger partial charge in [-0.2, -0.15) is 0 Å². The van der Waals surface area contributed by atoms with E-state index in [-0.39, 0.29) is 6.04 Å². The predicted molar refractivity (Wildman–Crippen MR) is 93.0 cm³/mol. The fraction of sp³-hybridized carbons (Fsp3) is 0.278. The monoisotopic (exact) mass is 319 g/mol. The molecular weight excluding hydrogens is 301 g/mol. The summed E-state index contributed by atoms with van der Waals surface area (Å²) in [5, 5.41) is 1.15. The predicted octanol–water partition coefficient (Wildman–Crippen LogP) is 6.30. The van der Waals surface area contributed by atoms with Crippen molar-refractivity contribution in [3.63, 3.8) is 0 Å². The van der Waals surface area contributed by atoms with Gasteiger partial charge in [0.05, 0.1) is 16.1 Å². The second-order valence-electron chi connectivity index (χ2n) is 5.38. The normalized spacial score (nSPS) is 13.0. The van der Waals surface area contributed by atoms with Gasteiger partial charge < -0.3 is 0 Å². The van der Waals surface area contributed by atoms with Crippen LogP contribution in [0.25, 0.3) is 0 Å². The third-order valence-corrected chi connectivity index (χ3v) is 4.32. The van der Waals surface area contributed by atoms with Crippen LogP contribution in [0, 0.1) is 0 Å². The number of rotatable bonds is 4. The van der Waals surface area contributed by atoms with Crippen LogP contribution in [0.3, 0.4) is 0 Å². The summed E-state index contributed by atoms with van der Waals surface area (Å²) in [4.78, 5) is 4.64. The summed E-state index contributed by atoms with van der Waals surface area (Å²) in [6, 6.07) is 13.9. The molecule has 1 atom stereocenters. The highest BCUT2D eigenvalue weighted by Crippen LogP contribution is 2.31. The molecule has 21 heavy (non-hydrogen) atoms. The van der Waals surface area contributed by atoms with Crippen LogP contribution in [-0.4, -0.2) is 6.21 Å². The molecule has 0 bridgehead atoms. The molecule has 3 heteroatoms. The fourth-order valence-corrected chi connectivity index (χ4v) is 2.74. The standard InChI is InChI=1S/C18H19Cl2N/c1-12(2)15-8-5-4-7-14(15)11-21-13(3)16-9-6-10-17(19)18(16)20/h4-13H,1-3H3. The van der Waals surface area contributed by atoms with Crippen LogP contribution in [0.2, 0.25) is 10.0 Å². The molecule has 2 aromatic carbocycles. The summed E-state index contributed by atoms with van der Waals surface area (Å²) in [6.07, 6.45) is 1.93. The molecule has 0 amide bonds. The van der Waals surface area contributed by atoms with Crippen molar-refractivity contribution in [3.05, 3.63) is 69.2 Å². The first kappa shape index (κ1) is 16.1. The largest absolute Gasteiger partial charge is 0.285 e. The number of nitrogens with zero attached hydrogens (tertiary/aromatic N) is 1. The lowest BCUT2D eigenvalue weighted by atomic mass is 9.98. The van der Waals surface area contributed by atoms with Crippen molar-refractivity contribution >= 4 is 29.4 Å². The molecular formula is C18H19Cl2N. The average molecular weight is 320 g/mol. The molecule has 1 unspecified atom stereocenters. The van der Waals surface area contributed by atoms with Gasteiger partial charge in [0.1, 0.15) is 0 Å². The molecule has 0 spiro atoms. The number of hydrogen-bond acceptors (Lipinski definition) is 1. The lowest BCUT2D eigenvalue weighted by Crippen LogP contribution is -1.97. The van der Waals surface area contributed by atoms with Gasteiger partial charge in [-0.1, -0.05) is 73.4 Å². The summed E-state index contributed by atoms with van der Waals surface area (Å²) in [5.74, 6) is 0.470. The van der Waals surface area contributed by atoms with Crippen molar-refractivity contribution in [2.24, 2.45) is 4.99 Å². The van der Waals surface area contributed by atoms with Crippen molar-refractivity contribution in [1.29, 1.82) is 0 Å². The molecule has 2 aromatic rings. The molecule has 0 fully saturated rings. The maximum Gasteiger partial charge on any atom is 0.0736 e. The molecule has 0 aromatic heterocycles. The molecule has 0 saturated heterocycles. The van der Waals surface area contributed by atoms with Crippen LogP contribution >= 0.6 is 23.2 Å². The van der Waals surface area contributed by atoms with Crippen LogP contribution < -0.4 is 0 Å². The Hall–Kier alpha value is -1.31. The van der Waals surface area contributed by atoms with Gasteiger partial charge in [0.15, 0.2) is 0 Å². The van der Waals surface area contributed by atoms with Crippen molar-refractivity contribution in [2.45, 2.75) is 32.7 Å². The Bertz CT molecular complexity index is 647. The first-order valence-electron chi connectivity index (χ1n) is 7.06. The van der Waals surface area contributed by atoms with Gasteiger partial charge >= 0.3 is 0 Å². The molecule has 0 aliphatic rings. The molecule has 0 N–H and O–H groups in total. The second kappa shape index (κ2) is 7.11. The van der Waals surface area contributed by atoms with Crippen molar-refractivity contribution in [2.75, 3.05) is 0 Å². The average Bonchev–Trinajstić information content (AvgIpc) is 2.47. The zero-order valence-electron chi connectivity index (χ0n) is 12.5. The van der Waals surface area contributed by atoms with Crippen LogP contribution in [0.5, 0.6) is 0 Å². The Morgan fingerprint density at radius 2 is 1.57 bits per heavy atom. The van der Waals surface area contributed by atoms with E-state index in [0.717, 1.165) is 11.1 Å². The van der Waals surface area contributed by atoms with E-state index in [1.54, 1.807) is 6.07 Å². The van der Waals surface area contributed by atoms with E-state index in [1.165, 1.54) is 5.56 Å². The highest BCUT2D eigenvalue weighted by Gasteiger charge is 2.10. The SMILES string of the molecule is CC(C)c1ccccc1C=NC(C)c1cccc(Cl)c1Cl. The zero-order chi connectivity index (χ0) is 15.4. The summed E-state index contributed by atoms with van der Waals surface area (Å²) in [7, 11) is 0. The highest BCUT2D eigenvalue weighted by molar-refractivity contribution is 6.42. The van der Waals surface area contributed by atoms with Gasteiger partial charge in [-0.05, 0) is 35.6 Å². The summed E-state index contributed by atoms with van der Waals surface area (Å²) >= 11 is 12.3. The van der Waals surface area contributed by atoms with Gasteiger partial charge in [0.2, 0.25) is 0 Å². The number of aliphatic imine (C=N–C) groups is 1. The Labute approximate surface area is 136 Å². The fourth-order valence-electron chi connectivity index (χ4n) is 2.27. The number of halogens is 2. The Morgan fingerprint density at radius 1 is 0.905 bits per heavy atom. The van der Waals surface area contributed by atoms with Gasteiger partial charge in [-0.15, -0.1) is 0 Å². The van der Waals surface area contributed by atoms with E-state index < -0.39 is 0 Å². The minimum Gasteiger partial charge on any atom is -0.285 e. The van der Waals surface area contributed by atoms with Crippen molar-refractivity contribution in [3.8, 4) is 0 Å². The quantitative estimate of drug-likeness (QED) is 0.586. The van der Waals surface area contributed by atoms with E-state index in [1.807, 2.05) is 31.3 Å². The summed E-state index contributed by atoms with van der Waals surface area (Å²) in [5.41, 5.74) is 3.39. The van der Waals surface area contributed by atoms with Crippen LogP contribution in [0.1, 0.15) is 49.4 Å². The second-order valence-corrected chi connectivity index (χ2v) is 6.17. The van der Waals surface area contributed by atoms with Gasteiger partial charge in [0.25, 0.3) is 0 Å². The molecule has 0 aliphatic carbocycles. The lowest BCUT2D eigenvalue weighted by Gasteiger charge is -2.12. The molecule has 0 radical (unpaired) electrons. The van der Waals surface area contributed by atoms with E-state index in [0.29, 0.717) is 16.0 Å². The molecule has 0 saturated carbocycles. The first-order valence-corrected chi connectivity index (χ1v) is 7.82. The van der Waals surface area contributed by atoms with Crippen LogP contribution in [0.15, 0.2) is 47.5 Å². The molecule has 110 valence electrons. The van der Waals surface area contributed by atoms with Crippen molar-refractivity contribution in [1.82, 2.24) is 0 Å². The minimum absolute atomic E-state index is 0.0311. The maximum atomic E-state index is 6.25. The van der Waals surface area contributed by atoms with E-state index in [2.05, 4.69) is 37.0 Å². The topological polar surface area (TPSA) is 12.4 Å². The minimum atomic E-state index is -0.0311. The highest BCUT2D eigenvalue weighted by atomic mass is 35.5. The van der Waals surface area contributed by atoms with Crippen LogP contribution in [0.4, 0.5) is 0 Å². The summed E-state index contributed by atoms with van der Waals surface area (Å²) in [6.45, 7) is 6.39. The third-order valence-electron chi connectivity index (χ3n) is 3.49. The maximum absolute atomic E-state index is 6.25. The number of benzene rings is 2. The van der Waals surface area contributed by atoms with E-state index >= 15 is 0 Å². The molecule has 2 rings (SSSR count). The van der Waals surface area contributed by atoms with Gasteiger partial charge in [0, 0.05) is 6.21 Å². The molecule has 0 heterocycles. The summed E-state index contributed by atoms with van der Waals surface area (Å²) < 4.78 is 0. The van der Waals surface area contributed by atoms with Crippen molar-refractivity contribution < 1.29 is 0 Å². The smallest absolute Gasteiger partial charge is 0.0736 e. The molecule has 0 aliphatic heterocycles. The number of hydrogen-bond donors (Lipinski definition) is 0. The zero-order valence-corrected chi connectivity index (χ0v) is 14.0. The third kappa shape index (κ3) is 3.87. The van der Waals surface area contributed by atoms with E-state index in [9.17, 15) is 0 Å². The van der Waals surface area contributed by atoms with Crippen LogP contribution in [-0.2, 0) is 0 Å². The first-order chi connectivity index (χ1) is 10.0. The Balaban J connectivity index is 2.27. The lowest BCUT2D eigenvalue weighted by molar-refractivity contribution is 0.823. The van der Waals surface area contributed by atoms with Gasteiger partial charge in [-0.3, -0.25) is 4.99 Å². The molecule has 1 nitrogen and oxygen atoms in total. The Morgan fingerprint density at radius 3 is 2.29 bits per heavy atom. The van der Waals surface area contributed by atoms with Gasteiger partial charge in [-0.25, -0.2) is 0 Å². The Kier molecular flexibility index (Phi) is 5.44. The van der Waals surface area contributed by atoms with E-state index in [4.69, 9.17) is 23.2 Å².